The second-order valence-corrected chi connectivity index (χ2v) is 8.23. The summed E-state index contributed by atoms with van der Waals surface area (Å²) in [5, 5.41) is 19.1. The first kappa shape index (κ1) is 26.2. The van der Waals surface area contributed by atoms with Gasteiger partial charge in [-0.3, -0.25) is 15.4 Å². The van der Waals surface area contributed by atoms with Gasteiger partial charge in [-0.2, -0.15) is 0 Å². The first-order valence-corrected chi connectivity index (χ1v) is 11.1. The molecule has 2 aliphatic heterocycles. The van der Waals surface area contributed by atoms with Crippen molar-refractivity contribution in [2.45, 2.75) is 84.9 Å². The molecule has 0 aromatic carbocycles. The standard InChI is InChI=1S/C15H28N4O3S.2C2H6/c1-9(16-4)17-8-18-10-5-6-23-11-7-15(2,3)12(14(21)22)19(11)13(10)20;2*1-2/h9-12,16-18H,5-8H2,1-4H3,(H,21,22);2*1-2H3/t9-,10?,11?,12?;;/m1../s1. The molecule has 27 heavy (non-hydrogen) atoms. The molecule has 0 aromatic heterocycles. The number of aliphatic carboxylic acids is 1. The molecule has 2 fully saturated rings. The van der Waals surface area contributed by atoms with Gasteiger partial charge in [0.1, 0.15) is 6.04 Å². The smallest absolute Gasteiger partial charge is 0.327 e. The van der Waals surface area contributed by atoms with Crippen molar-refractivity contribution in [2.24, 2.45) is 5.41 Å². The normalized spacial score (nSPS) is 27.3. The molecule has 2 heterocycles. The molecule has 8 heteroatoms. The Morgan fingerprint density at radius 1 is 1.33 bits per heavy atom. The van der Waals surface area contributed by atoms with E-state index in [0.29, 0.717) is 6.67 Å². The van der Waals surface area contributed by atoms with Crippen LogP contribution < -0.4 is 16.0 Å². The number of carboxylic acids is 1. The van der Waals surface area contributed by atoms with Gasteiger partial charge in [-0.15, -0.1) is 11.8 Å². The second kappa shape index (κ2) is 12.6. The fraction of sp³-hybridized carbons (Fsp3) is 0.895. The second-order valence-electron chi connectivity index (χ2n) is 6.94. The monoisotopic (exact) mass is 404 g/mol. The average Bonchev–Trinajstić information content (AvgIpc) is 2.84. The molecule has 0 aromatic rings. The van der Waals surface area contributed by atoms with Gasteiger partial charge in [-0.1, -0.05) is 41.5 Å². The lowest BCUT2D eigenvalue weighted by atomic mass is 9.84. The Hall–Kier alpha value is -0.830. The molecule has 4 atom stereocenters. The summed E-state index contributed by atoms with van der Waals surface area (Å²) in [7, 11) is 1.86. The van der Waals surface area contributed by atoms with E-state index >= 15 is 0 Å². The van der Waals surface area contributed by atoms with E-state index in [0.717, 1.165) is 18.6 Å². The average molecular weight is 405 g/mol. The van der Waals surface area contributed by atoms with Crippen molar-refractivity contribution in [3.8, 4) is 0 Å². The van der Waals surface area contributed by atoms with Crippen LogP contribution in [-0.4, -0.2) is 65.0 Å². The highest BCUT2D eigenvalue weighted by molar-refractivity contribution is 7.99. The number of nitrogens with one attached hydrogen (secondary N) is 3. The van der Waals surface area contributed by atoms with Crippen LogP contribution in [0, 0.1) is 5.41 Å². The van der Waals surface area contributed by atoms with Crippen LogP contribution in [0.15, 0.2) is 0 Å². The van der Waals surface area contributed by atoms with E-state index in [2.05, 4.69) is 16.0 Å². The summed E-state index contributed by atoms with van der Waals surface area (Å²) in [4.78, 5) is 26.3. The fourth-order valence-corrected chi connectivity index (χ4v) is 4.89. The highest BCUT2D eigenvalue weighted by atomic mass is 32.2. The number of rotatable bonds is 6. The van der Waals surface area contributed by atoms with Crippen molar-refractivity contribution >= 4 is 23.6 Å². The fourth-order valence-electron chi connectivity index (χ4n) is 3.32. The van der Waals surface area contributed by atoms with Crippen molar-refractivity contribution in [1.29, 1.82) is 0 Å². The largest absolute Gasteiger partial charge is 0.480 e. The molecule has 7 nitrogen and oxygen atoms in total. The third kappa shape index (κ3) is 6.93. The zero-order chi connectivity index (χ0) is 21.2. The van der Waals surface area contributed by atoms with Crippen LogP contribution >= 0.6 is 11.8 Å². The Bertz CT molecular complexity index is 462. The lowest BCUT2D eigenvalue weighted by molar-refractivity contribution is -0.152. The summed E-state index contributed by atoms with van der Waals surface area (Å²) in [5.41, 5.74) is -0.403. The zero-order valence-corrected chi connectivity index (χ0v) is 19.1. The molecular weight excluding hydrogens is 364 g/mol. The third-order valence-corrected chi connectivity index (χ3v) is 5.97. The summed E-state index contributed by atoms with van der Waals surface area (Å²) < 4.78 is 0. The molecule has 0 radical (unpaired) electrons. The molecule has 0 spiro atoms. The van der Waals surface area contributed by atoms with Gasteiger partial charge in [0, 0.05) is 6.67 Å². The van der Waals surface area contributed by atoms with Gasteiger partial charge in [-0.25, -0.2) is 4.79 Å². The molecule has 0 saturated carbocycles. The van der Waals surface area contributed by atoms with Crippen LogP contribution in [0.25, 0.3) is 0 Å². The van der Waals surface area contributed by atoms with E-state index in [1.807, 2.05) is 55.5 Å². The molecule has 2 aliphatic rings. The van der Waals surface area contributed by atoms with Crippen molar-refractivity contribution in [3.05, 3.63) is 0 Å². The SMILES string of the molecule is CC.CC.CN[C@@H](C)NCNC1CCSC2CC(C)(C)C(C(=O)O)N2C1=O. The molecule has 0 bridgehead atoms. The maximum absolute atomic E-state index is 12.9. The number of nitrogens with zero attached hydrogens (tertiary/aromatic N) is 1. The number of hydrogen-bond acceptors (Lipinski definition) is 6. The number of carbonyl (C=O) groups is 2. The zero-order valence-electron chi connectivity index (χ0n) is 18.3. The minimum Gasteiger partial charge on any atom is -0.480 e. The van der Waals surface area contributed by atoms with Gasteiger partial charge in [-0.05, 0) is 38.0 Å². The lowest BCUT2D eigenvalue weighted by Crippen LogP contribution is -2.55. The number of thioether (sulfide) groups is 1. The van der Waals surface area contributed by atoms with Crippen molar-refractivity contribution in [3.63, 3.8) is 0 Å². The van der Waals surface area contributed by atoms with Gasteiger partial charge in [0.2, 0.25) is 5.91 Å². The molecule has 2 saturated heterocycles. The number of carbonyl (C=O) groups excluding carboxylic acids is 1. The minimum absolute atomic E-state index is 0.0328. The number of fused-ring (bicyclic) bond motifs is 1. The van der Waals surface area contributed by atoms with Crippen LogP contribution in [0.5, 0.6) is 0 Å². The third-order valence-electron chi connectivity index (χ3n) is 4.72. The van der Waals surface area contributed by atoms with Crippen LogP contribution in [0.4, 0.5) is 0 Å². The molecule has 1 amide bonds. The van der Waals surface area contributed by atoms with E-state index in [9.17, 15) is 14.7 Å². The van der Waals surface area contributed by atoms with Crippen molar-refractivity contribution < 1.29 is 14.7 Å². The Labute approximate surface area is 169 Å². The van der Waals surface area contributed by atoms with Gasteiger partial charge < -0.3 is 15.3 Å². The Kier molecular flexibility index (Phi) is 12.2. The van der Waals surface area contributed by atoms with Gasteiger partial charge >= 0.3 is 5.97 Å². The van der Waals surface area contributed by atoms with E-state index in [1.54, 1.807) is 16.7 Å². The number of amides is 1. The summed E-state index contributed by atoms with van der Waals surface area (Å²) in [6, 6.07) is -1.08. The Balaban J connectivity index is 0.00000158. The van der Waals surface area contributed by atoms with Gasteiger partial charge in [0.25, 0.3) is 0 Å². The highest BCUT2D eigenvalue weighted by Crippen LogP contribution is 2.46. The predicted octanol–water partition coefficient (Wildman–Crippen LogP) is 2.28. The highest BCUT2D eigenvalue weighted by Gasteiger charge is 2.54. The Morgan fingerprint density at radius 2 is 1.93 bits per heavy atom. The van der Waals surface area contributed by atoms with Gasteiger partial charge in [0.15, 0.2) is 0 Å². The van der Waals surface area contributed by atoms with Crippen molar-refractivity contribution in [1.82, 2.24) is 20.9 Å². The molecule has 3 unspecified atom stereocenters. The number of carboxylic acid groups (broad SMARTS) is 1. The molecule has 0 aliphatic carbocycles. The topological polar surface area (TPSA) is 93.7 Å². The number of hydrogen-bond donors (Lipinski definition) is 4. The van der Waals surface area contributed by atoms with Crippen LogP contribution in [0.1, 0.15) is 61.3 Å². The van der Waals surface area contributed by atoms with E-state index in [4.69, 9.17) is 0 Å². The Morgan fingerprint density at radius 3 is 2.44 bits per heavy atom. The van der Waals surface area contributed by atoms with E-state index in [1.165, 1.54) is 0 Å². The van der Waals surface area contributed by atoms with Gasteiger partial charge in [0.05, 0.1) is 17.6 Å². The molecule has 4 N–H and O–H groups in total. The summed E-state index contributed by atoms with van der Waals surface area (Å²) in [5.74, 6) is -0.139. The molecular formula is C19H40N4O3S. The maximum atomic E-state index is 12.9. The summed E-state index contributed by atoms with van der Waals surface area (Å²) >= 11 is 1.70. The first-order chi connectivity index (χ1) is 12.8. The van der Waals surface area contributed by atoms with E-state index in [-0.39, 0.29) is 23.5 Å². The minimum atomic E-state index is -0.908. The molecule has 160 valence electrons. The van der Waals surface area contributed by atoms with E-state index < -0.39 is 17.4 Å². The summed E-state index contributed by atoms with van der Waals surface area (Å²) in [6.45, 7) is 14.4. The van der Waals surface area contributed by atoms with Crippen LogP contribution in [-0.2, 0) is 9.59 Å². The van der Waals surface area contributed by atoms with Crippen LogP contribution in [0.3, 0.4) is 0 Å². The van der Waals surface area contributed by atoms with Crippen LogP contribution in [0.2, 0.25) is 0 Å². The van der Waals surface area contributed by atoms with Crippen molar-refractivity contribution in [2.75, 3.05) is 19.5 Å². The lowest BCUT2D eigenvalue weighted by Gasteiger charge is -2.32. The molecule has 2 rings (SSSR count). The summed E-state index contributed by atoms with van der Waals surface area (Å²) in [6.07, 6.45) is 1.59. The first-order valence-electron chi connectivity index (χ1n) is 10.1. The maximum Gasteiger partial charge on any atom is 0.327 e. The quantitative estimate of drug-likeness (QED) is 0.505. The predicted molar refractivity (Wildman–Crippen MR) is 114 cm³/mol.